The Kier molecular flexibility index (Phi) is 2.60. The molecule has 0 saturated heterocycles. The molecular weight excluding hydrogens is 170 g/mol. The summed E-state index contributed by atoms with van der Waals surface area (Å²) in [5.41, 5.74) is 8.87. The van der Waals surface area contributed by atoms with E-state index in [1.54, 1.807) is 0 Å². The zero-order valence-corrected chi connectivity index (χ0v) is 9.03. The van der Waals surface area contributed by atoms with Gasteiger partial charge in [-0.2, -0.15) is 0 Å². The van der Waals surface area contributed by atoms with Crippen LogP contribution < -0.4 is 5.73 Å². The van der Waals surface area contributed by atoms with Crippen molar-refractivity contribution in [3.63, 3.8) is 0 Å². The van der Waals surface area contributed by atoms with Crippen LogP contribution in [0.4, 0.5) is 0 Å². The summed E-state index contributed by atoms with van der Waals surface area (Å²) >= 11 is 0. The van der Waals surface area contributed by atoms with Gasteiger partial charge in [0.1, 0.15) is 0 Å². The fourth-order valence-corrected chi connectivity index (χ4v) is 2.21. The van der Waals surface area contributed by atoms with Crippen molar-refractivity contribution >= 4 is 0 Å². The fraction of sp³-hybridized carbons (Fsp3) is 0.538. The topological polar surface area (TPSA) is 26.0 Å². The van der Waals surface area contributed by atoms with Gasteiger partial charge in [0.05, 0.1) is 0 Å². The summed E-state index contributed by atoms with van der Waals surface area (Å²) in [5.74, 6) is 1.63. The van der Waals surface area contributed by atoms with Crippen LogP contribution in [-0.2, 0) is 6.42 Å². The van der Waals surface area contributed by atoms with Gasteiger partial charge in [0.15, 0.2) is 0 Å². The molecule has 2 rings (SSSR count). The van der Waals surface area contributed by atoms with Gasteiger partial charge in [0, 0.05) is 6.04 Å². The molecule has 2 N–H and O–H groups in total. The Morgan fingerprint density at radius 1 is 1.50 bits per heavy atom. The number of aryl methyl sites for hydroxylation is 1. The Bertz CT molecular complexity index is 319. The third kappa shape index (κ3) is 2.16. The zero-order valence-electron chi connectivity index (χ0n) is 9.03. The van der Waals surface area contributed by atoms with Gasteiger partial charge in [-0.25, -0.2) is 0 Å². The van der Waals surface area contributed by atoms with Crippen molar-refractivity contribution in [1.82, 2.24) is 0 Å². The Morgan fingerprint density at radius 2 is 2.21 bits per heavy atom. The molecule has 1 heteroatoms. The maximum Gasteiger partial charge on any atom is 0.0110 e. The molecular formula is C13H19N. The van der Waals surface area contributed by atoms with Crippen LogP contribution in [0.3, 0.4) is 0 Å². The lowest BCUT2D eigenvalue weighted by atomic mass is 10.0. The van der Waals surface area contributed by atoms with Crippen molar-refractivity contribution in [3.05, 3.63) is 35.4 Å². The van der Waals surface area contributed by atoms with Crippen LogP contribution in [0.5, 0.6) is 0 Å². The molecule has 3 atom stereocenters. The molecule has 1 aliphatic carbocycles. The number of benzene rings is 1. The molecule has 1 fully saturated rings. The molecule has 0 amide bonds. The molecule has 76 valence electrons. The predicted octanol–water partition coefficient (Wildman–Crippen LogP) is 2.52. The molecule has 0 aromatic heterocycles. The molecule has 1 aromatic rings. The second kappa shape index (κ2) is 3.74. The molecule has 0 spiro atoms. The van der Waals surface area contributed by atoms with E-state index in [-0.39, 0.29) is 0 Å². The third-order valence-electron chi connectivity index (χ3n) is 3.28. The van der Waals surface area contributed by atoms with E-state index in [1.165, 1.54) is 17.5 Å². The van der Waals surface area contributed by atoms with Crippen molar-refractivity contribution in [2.45, 2.75) is 32.7 Å². The van der Waals surface area contributed by atoms with Gasteiger partial charge in [-0.3, -0.25) is 0 Å². The summed E-state index contributed by atoms with van der Waals surface area (Å²) < 4.78 is 0. The molecule has 0 aliphatic heterocycles. The van der Waals surface area contributed by atoms with Crippen LogP contribution >= 0.6 is 0 Å². The molecule has 1 saturated carbocycles. The van der Waals surface area contributed by atoms with E-state index < -0.39 is 0 Å². The summed E-state index contributed by atoms with van der Waals surface area (Å²) in [7, 11) is 0. The van der Waals surface area contributed by atoms with Gasteiger partial charge in [-0.05, 0) is 37.2 Å². The monoisotopic (exact) mass is 189 g/mol. The first-order chi connectivity index (χ1) is 6.66. The number of hydrogen-bond acceptors (Lipinski definition) is 1. The van der Waals surface area contributed by atoms with Gasteiger partial charge in [-0.1, -0.05) is 36.8 Å². The summed E-state index contributed by atoms with van der Waals surface area (Å²) in [5, 5.41) is 0. The second-order valence-electron chi connectivity index (χ2n) is 4.73. The first-order valence-corrected chi connectivity index (χ1v) is 5.48. The van der Waals surface area contributed by atoms with Gasteiger partial charge < -0.3 is 5.73 Å². The van der Waals surface area contributed by atoms with Crippen LogP contribution in [-0.4, -0.2) is 6.04 Å². The summed E-state index contributed by atoms with van der Waals surface area (Å²) in [6.07, 6.45) is 2.36. The van der Waals surface area contributed by atoms with Crippen LogP contribution in [0.1, 0.15) is 24.5 Å². The number of hydrogen-bond donors (Lipinski definition) is 1. The number of rotatable bonds is 3. The van der Waals surface area contributed by atoms with Crippen LogP contribution in [0, 0.1) is 18.8 Å². The van der Waals surface area contributed by atoms with E-state index in [4.69, 9.17) is 5.73 Å². The number of nitrogens with two attached hydrogens (primary N) is 1. The molecule has 1 aliphatic rings. The highest BCUT2D eigenvalue weighted by molar-refractivity contribution is 5.23. The lowest BCUT2D eigenvalue weighted by molar-refractivity contribution is 0.560. The molecule has 0 radical (unpaired) electrons. The zero-order chi connectivity index (χ0) is 10.1. The van der Waals surface area contributed by atoms with Crippen molar-refractivity contribution in [2.75, 3.05) is 0 Å². The largest absolute Gasteiger partial charge is 0.327 e. The molecule has 0 bridgehead atoms. The van der Waals surface area contributed by atoms with Crippen molar-refractivity contribution in [3.8, 4) is 0 Å². The van der Waals surface area contributed by atoms with Gasteiger partial charge in [0.2, 0.25) is 0 Å². The Balaban J connectivity index is 1.96. The van der Waals surface area contributed by atoms with Crippen molar-refractivity contribution in [1.29, 1.82) is 0 Å². The normalized spacial score (nSPS) is 27.4. The summed E-state index contributed by atoms with van der Waals surface area (Å²) in [6.45, 7) is 4.43. The average Bonchev–Trinajstić information content (AvgIpc) is 2.82. The standard InChI is InChI=1S/C13H19N/c1-9-4-3-5-11(6-9)8-13(14)12-7-10(12)2/h3-6,10,12-13H,7-8,14H2,1-2H3. The smallest absolute Gasteiger partial charge is 0.0110 e. The molecule has 3 unspecified atom stereocenters. The first-order valence-electron chi connectivity index (χ1n) is 5.48. The lowest BCUT2D eigenvalue weighted by Gasteiger charge is -2.11. The molecule has 0 heterocycles. The van der Waals surface area contributed by atoms with E-state index in [1.807, 2.05) is 0 Å². The Morgan fingerprint density at radius 3 is 2.79 bits per heavy atom. The maximum absolute atomic E-state index is 6.15. The lowest BCUT2D eigenvalue weighted by Crippen LogP contribution is -2.25. The van der Waals surface area contributed by atoms with Crippen molar-refractivity contribution < 1.29 is 0 Å². The SMILES string of the molecule is Cc1cccc(CC(N)C2CC2C)c1. The van der Waals surface area contributed by atoms with E-state index in [9.17, 15) is 0 Å². The first kappa shape index (κ1) is 9.72. The molecule has 1 aromatic carbocycles. The summed E-state index contributed by atoms with van der Waals surface area (Å²) in [6, 6.07) is 9.04. The molecule has 14 heavy (non-hydrogen) atoms. The predicted molar refractivity (Wildman–Crippen MR) is 60.1 cm³/mol. The second-order valence-corrected chi connectivity index (χ2v) is 4.73. The van der Waals surface area contributed by atoms with Crippen LogP contribution in [0.25, 0.3) is 0 Å². The highest BCUT2D eigenvalue weighted by Crippen LogP contribution is 2.40. The van der Waals surface area contributed by atoms with Crippen LogP contribution in [0.15, 0.2) is 24.3 Å². The van der Waals surface area contributed by atoms with E-state index in [0.29, 0.717) is 6.04 Å². The van der Waals surface area contributed by atoms with E-state index >= 15 is 0 Å². The van der Waals surface area contributed by atoms with E-state index in [0.717, 1.165) is 18.3 Å². The maximum atomic E-state index is 6.15. The van der Waals surface area contributed by atoms with Crippen LogP contribution in [0.2, 0.25) is 0 Å². The van der Waals surface area contributed by atoms with Crippen molar-refractivity contribution in [2.24, 2.45) is 17.6 Å². The summed E-state index contributed by atoms with van der Waals surface area (Å²) in [4.78, 5) is 0. The Labute approximate surface area is 86.3 Å². The Hall–Kier alpha value is -0.820. The quantitative estimate of drug-likeness (QED) is 0.777. The minimum absolute atomic E-state index is 0.367. The third-order valence-corrected chi connectivity index (χ3v) is 3.28. The minimum Gasteiger partial charge on any atom is -0.327 e. The van der Waals surface area contributed by atoms with Gasteiger partial charge in [-0.15, -0.1) is 0 Å². The van der Waals surface area contributed by atoms with E-state index in [2.05, 4.69) is 38.1 Å². The highest BCUT2D eigenvalue weighted by atomic mass is 14.7. The average molecular weight is 189 g/mol. The fourth-order valence-electron chi connectivity index (χ4n) is 2.21. The van der Waals surface area contributed by atoms with Gasteiger partial charge >= 0.3 is 0 Å². The minimum atomic E-state index is 0.367. The van der Waals surface area contributed by atoms with Gasteiger partial charge in [0.25, 0.3) is 0 Å². The molecule has 1 nitrogen and oxygen atoms in total. The highest BCUT2D eigenvalue weighted by Gasteiger charge is 2.37.